The maximum absolute atomic E-state index is 13.3. The lowest BCUT2D eigenvalue weighted by Crippen LogP contribution is -2.59. The highest BCUT2D eigenvalue weighted by Gasteiger charge is 2.52. The molecule has 0 atom stereocenters. The van der Waals surface area contributed by atoms with Crippen molar-refractivity contribution < 1.29 is 22.7 Å². The number of nitrogens with one attached hydrogen (secondary N) is 1. The summed E-state index contributed by atoms with van der Waals surface area (Å²) < 4.78 is 34.9. The predicted octanol–water partition coefficient (Wildman–Crippen LogP) is 2.60. The van der Waals surface area contributed by atoms with Crippen LogP contribution in [0.2, 0.25) is 0 Å². The van der Waals surface area contributed by atoms with E-state index in [0.717, 1.165) is 24.2 Å². The molecule has 1 aromatic rings. The Morgan fingerprint density at radius 3 is 2.07 bits per heavy atom. The number of imide groups is 1. The fourth-order valence-electron chi connectivity index (χ4n) is 6.44. The minimum absolute atomic E-state index is 0.0662. The van der Waals surface area contributed by atoms with E-state index in [4.69, 9.17) is 4.74 Å². The lowest BCUT2D eigenvalue weighted by atomic mass is 9.53. The summed E-state index contributed by atoms with van der Waals surface area (Å²) in [5.41, 5.74) is -0.152. The number of rotatable bonds is 5. The van der Waals surface area contributed by atoms with Crippen LogP contribution in [-0.4, -0.2) is 32.9 Å². The third-order valence-electron chi connectivity index (χ3n) is 7.14. The van der Waals surface area contributed by atoms with Gasteiger partial charge in [-0.15, -0.1) is 0 Å². The van der Waals surface area contributed by atoms with Crippen molar-refractivity contribution in [3.05, 3.63) is 18.2 Å². The maximum atomic E-state index is 13.3. The summed E-state index contributed by atoms with van der Waals surface area (Å²) in [4.78, 5) is 25.5. The van der Waals surface area contributed by atoms with Crippen molar-refractivity contribution in [2.75, 3.05) is 12.0 Å². The Morgan fingerprint density at radius 1 is 1.00 bits per heavy atom. The summed E-state index contributed by atoms with van der Waals surface area (Å²) in [5.74, 6) is 1.50. The SMILES string of the molecule is COc1ccc(S(=O)(=O)NC23CC4CC(CC(C4)C2)C3)cc1N1C(=O)CCC1=O. The molecule has 1 heterocycles. The van der Waals surface area contributed by atoms with Crippen molar-refractivity contribution in [1.29, 1.82) is 0 Å². The van der Waals surface area contributed by atoms with Crippen LogP contribution in [0.5, 0.6) is 5.75 Å². The third kappa shape index (κ3) is 3.17. The first-order valence-electron chi connectivity index (χ1n) is 10.4. The standard InChI is InChI=1S/C21H26N2O5S/c1-28-18-3-2-16(9-17(18)23-19(24)4-5-20(23)25)29(26,27)22-21-10-13-6-14(11-21)8-15(7-13)12-21/h2-3,9,13-15,22H,4-8,10-12H2,1H3. The lowest BCUT2D eigenvalue weighted by Gasteiger charge is -2.56. The average molecular weight is 419 g/mol. The second-order valence-electron chi connectivity index (χ2n) is 9.26. The monoisotopic (exact) mass is 418 g/mol. The lowest BCUT2D eigenvalue weighted by molar-refractivity contribution is -0.121. The second-order valence-corrected chi connectivity index (χ2v) is 10.9. The van der Waals surface area contributed by atoms with E-state index in [0.29, 0.717) is 23.5 Å². The van der Waals surface area contributed by atoms with E-state index in [1.54, 1.807) is 0 Å². The van der Waals surface area contributed by atoms with Crippen LogP contribution in [0, 0.1) is 17.8 Å². The van der Waals surface area contributed by atoms with Gasteiger partial charge in [-0.25, -0.2) is 18.0 Å². The largest absolute Gasteiger partial charge is 0.495 e. The first-order valence-corrected chi connectivity index (χ1v) is 11.8. The van der Waals surface area contributed by atoms with Gasteiger partial charge >= 0.3 is 0 Å². The van der Waals surface area contributed by atoms with Crippen molar-refractivity contribution in [3.8, 4) is 5.75 Å². The zero-order valence-electron chi connectivity index (χ0n) is 16.5. The zero-order valence-corrected chi connectivity index (χ0v) is 17.3. The van der Waals surface area contributed by atoms with Gasteiger partial charge in [-0.1, -0.05) is 0 Å². The normalized spacial score (nSPS) is 33.6. The second kappa shape index (κ2) is 6.54. The van der Waals surface area contributed by atoms with Crippen molar-refractivity contribution in [1.82, 2.24) is 4.72 Å². The number of benzene rings is 1. The highest BCUT2D eigenvalue weighted by molar-refractivity contribution is 7.89. The van der Waals surface area contributed by atoms with Gasteiger partial charge in [0.25, 0.3) is 0 Å². The van der Waals surface area contributed by atoms with Gasteiger partial charge in [-0.2, -0.15) is 0 Å². The number of hydrogen-bond donors (Lipinski definition) is 1. The first-order chi connectivity index (χ1) is 13.8. The van der Waals surface area contributed by atoms with Crippen LogP contribution in [0.15, 0.2) is 23.1 Å². The highest BCUT2D eigenvalue weighted by atomic mass is 32.2. The summed E-state index contributed by atoms with van der Waals surface area (Å²) in [7, 11) is -2.35. The highest BCUT2D eigenvalue weighted by Crippen LogP contribution is 2.56. The number of carbonyl (C=O) groups excluding carboxylic acids is 2. The van der Waals surface area contributed by atoms with E-state index in [-0.39, 0.29) is 40.8 Å². The van der Waals surface area contributed by atoms with Crippen LogP contribution in [0.3, 0.4) is 0 Å². The molecule has 6 rings (SSSR count). The molecule has 0 unspecified atom stereocenters. The van der Waals surface area contributed by atoms with E-state index < -0.39 is 10.0 Å². The number of anilines is 1. The van der Waals surface area contributed by atoms with Crippen LogP contribution in [0.4, 0.5) is 5.69 Å². The molecule has 2 amide bonds. The number of amides is 2. The molecule has 5 fully saturated rings. The number of ether oxygens (including phenoxy) is 1. The Bertz CT molecular complexity index is 936. The third-order valence-corrected chi connectivity index (χ3v) is 8.72. The zero-order chi connectivity index (χ0) is 20.4. The van der Waals surface area contributed by atoms with Gasteiger partial charge in [-0.3, -0.25) is 9.59 Å². The molecule has 8 heteroatoms. The Balaban J connectivity index is 1.48. The molecule has 29 heavy (non-hydrogen) atoms. The average Bonchev–Trinajstić information content (AvgIpc) is 2.97. The van der Waals surface area contributed by atoms with Crippen molar-refractivity contribution in [2.45, 2.75) is 61.8 Å². The Morgan fingerprint density at radius 2 is 1.55 bits per heavy atom. The van der Waals surface area contributed by atoms with Gasteiger partial charge < -0.3 is 4.74 Å². The minimum atomic E-state index is -3.79. The molecule has 1 saturated heterocycles. The van der Waals surface area contributed by atoms with Crippen LogP contribution in [0.25, 0.3) is 0 Å². The molecule has 1 aromatic carbocycles. The topological polar surface area (TPSA) is 92.8 Å². The molecule has 1 aliphatic heterocycles. The van der Waals surface area contributed by atoms with Crippen LogP contribution < -0.4 is 14.4 Å². The molecule has 156 valence electrons. The maximum Gasteiger partial charge on any atom is 0.241 e. The van der Waals surface area contributed by atoms with Gasteiger partial charge in [0.1, 0.15) is 5.75 Å². The van der Waals surface area contributed by atoms with Crippen molar-refractivity contribution in [2.24, 2.45) is 17.8 Å². The number of nitrogens with zero attached hydrogens (tertiary/aromatic N) is 1. The quantitative estimate of drug-likeness (QED) is 0.742. The smallest absolute Gasteiger partial charge is 0.241 e. The summed E-state index contributed by atoms with van der Waals surface area (Å²) in [6, 6.07) is 4.39. The summed E-state index contributed by atoms with van der Waals surface area (Å²) in [5, 5.41) is 0. The van der Waals surface area contributed by atoms with Crippen molar-refractivity contribution >= 4 is 27.5 Å². The van der Waals surface area contributed by atoms with Crippen molar-refractivity contribution in [3.63, 3.8) is 0 Å². The first kappa shape index (κ1) is 19.1. The van der Waals surface area contributed by atoms with Crippen LogP contribution in [-0.2, 0) is 19.6 Å². The molecule has 7 nitrogen and oxygen atoms in total. The molecular weight excluding hydrogens is 392 g/mol. The van der Waals surface area contributed by atoms with Gasteiger partial charge in [0.2, 0.25) is 21.8 Å². The molecule has 5 aliphatic rings. The molecule has 1 N–H and O–H groups in total. The van der Waals surface area contributed by atoms with Gasteiger partial charge in [0.15, 0.2) is 0 Å². The van der Waals surface area contributed by atoms with Crippen LogP contribution >= 0.6 is 0 Å². The molecule has 0 radical (unpaired) electrons. The number of methoxy groups -OCH3 is 1. The van der Waals surface area contributed by atoms with Crippen LogP contribution in [0.1, 0.15) is 51.4 Å². The molecule has 4 aliphatic carbocycles. The molecule has 0 aromatic heterocycles. The van der Waals surface area contributed by atoms with E-state index in [1.165, 1.54) is 44.6 Å². The molecular formula is C21H26N2O5S. The minimum Gasteiger partial charge on any atom is -0.495 e. The van der Waals surface area contributed by atoms with E-state index >= 15 is 0 Å². The van der Waals surface area contributed by atoms with E-state index in [2.05, 4.69) is 4.72 Å². The molecule has 0 spiro atoms. The van der Waals surface area contributed by atoms with E-state index in [1.807, 2.05) is 0 Å². The summed E-state index contributed by atoms with van der Waals surface area (Å²) in [6.07, 6.45) is 6.67. The fourth-order valence-corrected chi connectivity index (χ4v) is 7.89. The Kier molecular flexibility index (Phi) is 4.30. The number of carbonyl (C=O) groups is 2. The predicted molar refractivity (Wildman–Crippen MR) is 106 cm³/mol. The van der Waals surface area contributed by atoms with Gasteiger partial charge in [-0.05, 0) is 74.5 Å². The molecule has 4 saturated carbocycles. The number of hydrogen-bond acceptors (Lipinski definition) is 5. The van der Waals surface area contributed by atoms with E-state index in [9.17, 15) is 18.0 Å². The fraction of sp³-hybridized carbons (Fsp3) is 0.619. The Labute approximate surface area is 170 Å². The van der Waals surface area contributed by atoms with Gasteiger partial charge in [0.05, 0.1) is 17.7 Å². The number of sulfonamides is 1. The summed E-state index contributed by atoms with van der Waals surface area (Å²) >= 11 is 0. The Hall–Kier alpha value is -1.93. The summed E-state index contributed by atoms with van der Waals surface area (Å²) in [6.45, 7) is 0. The molecule has 4 bridgehead atoms. The van der Waals surface area contributed by atoms with Gasteiger partial charge in [0, 0.05) is 18.4 Å².